The number of rotatable bonds is 5. The topological polar surface area (TPSA) is 35.2 Å². The van der Waals surface area contributed by atoms with Crippen LogP contribution in [0.4, 0.5) is 0 Å². The Bertz CT molecular complexity index is 347. The van der Waals surface area contributed by atoms with E-state index in [4.69, 9.17) is 10.5 Å². The largest absolute Gasteiger partial charge is 0.493 e. The molecule has 0 radical (unpaired) electrons. The maximum Gasteiger partial charge on any atom is 0.125 e. The fraction of sp³-hybridized carbons (Fsp3) is 0.571. The molecule has 90 valence electrons. The Kier molecular flexibility index (Phi) is 4.81. The van der Waals surface area contributed by atoms with Gasteiger partial charge in [0.05, 0.1) is 6.61 Å². The van der Waals surface area contributed by atoms with E-state index in [0.29, 0.717) is 6.61 Å². The Morgan fingerprint density at radius 3 is 2.50 bits per heavy atom. The SMILES string of the molecule is CCOc1c(C)cc(C)cc1CC(N)CC. The Balaban J connectivity index is 3.03. The fourth-order valence-corrected chi connectivity index (χ4v) is 1.97. The first-order valence-corrected chi connectivity index (χ1v) is 6.07. The summed E-state index contributed by atoms with van der Waals surface area (Å²) in [6, 6.07) is 4.57. The molecule has 2 N–H and O–H groups in total. The van der Waals surface area contributed by atoms with E-state index in [-0.39, 0.29) is 6.04 Å². The van der Waals surface area contributed by atoms with Crippen LogP contribution in [0.15, 0.2) is 12.1 Å². The molecule has 2 nitrogen and oxygen atoms in total. The van der Waals surface area contributed by atoms with Crippen LogP contribution in [0.3, 0.4) is 0 Å². The van der Waals surface area contributed by atoms with E-state index in [1.807, 2.05) is 6.92 Å². The Morgan fingerprint density at radius 1 is 1.25 bits per heavy atom. The molecular formula is C14H23NO. The summed E-state index contributed by atoms with van der Waals surface area (Å²) in [5.41, 5.74) is 9.74. The summed E-state index contributed by atoms with van der Waals surface area (Å²) >= 11 is 0. The summed E-state index contributed by atoms with van der Waals surface area (Å²) in [6.45, 7) is 9.05. The van der Waals surface area contributed by atoms with Gasteiger partial charge in [-0.25, -0.2) is 0 Å². The minimum Gasteiger partial charge on any atom is -0.493 e. The van der Waals surface area contributed by atoms with Crippen molar-refractivity contribution in [3.8, 4) is 5.75 Å². The number of aryl methyl sites for hydroxylation is 2. The monoisotopic (exact) mass is 221 g/mol. The summed E-state index contributed by atoms with van der Waals surface area (Å²) in [7, 11) is 0. The van der Waals surface area contributed by atoms with Crippen LogP contribution in [0.5, 0.6) is 5.75 Å². The standard InChI is InChI=1S/C14H23NO/c1-5-13(15)9-12-8-10(3)7-11(4)14(12)16-6-2/h7-8,13H,5-6,9,15H2,1-4H3. The normalized spacial score (nSPS) is 12.6. The smallest absolute Gasteiger partial charge is 0.125 e. The first-order valence-electron chi connectivity index (χ1n) is 6.07. The van der Waals surface area contributed by atoms with Crippen molar-refractivity contribution in [1.29, 1.82) is 0 Å². The van der Waals surface area contributed by atoms with Crippen molar-refractivity contribution in [3.05, 3.63) is 28.8 Å². The lowest BCUT2D eigenvalue weighted by atomic mass is 9.99. The predicted molar refractivity (Wildman–Crippen MR) is 69.1 cm³/mol. The van der Waals surface area contributed by atoms with Gasteiger partial charge >= 0.3 is 0 Å². The Morgan fingerprint density at radius 2 is 1.94 bits per heavy atom. The Labute approximate surface area is 98.8 Å². The number of ether oxygens (including phenoxy) is 1. The molecule has 1 aromatic carbocycles. The van der Waals surface area contributed by atoms with E-state index in [9.17, 15) is 0 Å². The molecular weight excluding hydrogens is 198 g/mol. The molecule has 0 aromatic heterocycles. The van der Waals surface area contributed by atoms with Gasteiger partial charge in [0.2, 0.25) is 0 Å². The summed E-state index contributed by atoms with van der Waals surface area (Å²) in [5.74, 6) is 1.03. The molecule has 0 saturated heterocycles. The average molecular weight is 221 g/mol. The van der Waals surface area contributed by atoms with Crippen LogP contribution < -0.4 is 10.5 Å². The summed E-state index contributed by atoms with van der Waals surface area (Å²) in [4.78, 5) is 0. The summed E-state index contributed by atoms with van der Waals surface area (Å²) < 4.78 is 5.71. The van der Waals surface area contributed by atoms with E-state index < -0.39 is 0 Å². The number of nitrogens with two attached hydrogens (primary N) is 1. The van der Waals surface area contributed by atoms with Gasteiger partial charge in [-0.1, -0.05) is 24.6 Å². The van der Waals surface area contributed by atoms with Gasteiger partial charge in [0.15, 0.2) is 0 Å². The maximum atomic E-state index is 6.01. The zero-order chi connectivity index (χ0) is 12.1. The molecule has 0 aliphatic rings. The van der Waals surface area contributed by atoms with E-state index in [0.717, 1.165) is 18.6 Å². The quantitative estimate of drug-likeness (QED) is 0.829. The van der Waals surface area contributed by atoms with Gasteiger partial charge in [0, 0.05) is 6.04 Å². The second-order valence-electron chi connectivity index (χ2n) is 4.38. The zero-order valence-corrected chi connectivity index (χ0v) is 10.8. The third-order valence-corrected chi connectivity index (χ3v) is 2.79. The summed E-state index contributed by atoms with van der Waals surface area (Å²) in [5, 5.41) is 0. The molecule has 0 amide bonds. The van der Waals surface area contributed by atoms with Crippen LogP contribution in [-0.4, -0.2) is 12.6 Å². The average Bonchev–Trinajstić information content (AvgIpc) is 2.23. The van der Waals surface area contributed by atoms with Gasteiger partial charge in [-0.3, -0.25) is 0 Å². The minimum atomic E-state index is 0.223. The van der Waals surface area contributed by atoms with Crippen molar-refractivity contribution in [2.45, 2.75) is 46.6 Å². The van der Waals surface area contributed by atoms with Gasteiger partial charge in [-0.05, 0) is 44.7 Å². The highest BCUT2D eigenvalue weighted by atomic mass is 16.5. The minimum absolute atomic E-state index is 0.223. The molecule has 0 heterocycles. The fourth-order valence-electron chi connectivity index (χ4n) is 1.97. The van der Waals surface area contributed by atoms with Crippen LogP contribution in [0.25, 0.3) is 0 Å². The molecule has 0 aliphatic heterocycles. The molecule has 16 heavy (non-hydrogen) atoms. The van der Waals surface area contributed by atoms with Crippen molar-refractivity contribution in [2.24, 2.45) is 5.73 Å². The Hall–Kier alpha value is -1.02. The number of hydrogen-bond donors (Lipinski definition) is 1. The van der Waals surface area contributed by atoms with Crippen molar-refractivity contribution < 1.29 is 4.74 Å². The maximum absolute atomic E-state index is 6.01. The van der Waals surface area contributed by atoms with E-state index in [1.54, 1.807) is 0 Å². The van der Waals surface area contributed by atoms with Crippen LogP contribution in [-0.2, 0) is 6.42 Å². The second kappa shape index (κ2) is 5.90. The molecule has 2 heteroatoms. The van der Waals surface area contributed by atoms with Crippen molar-refractivity contribution in [2.75, 3.05) is 6.61 Å². The molecule has 0 fully saturated rings. The molecule has 1 aromatic rings. The third kappa shape index (κ3) is 3.24. The van der Waals surface area contributed by atoms with Gasteiger partial charge in [-0.15, -0.1) is 0 Å². The molecule has 0 saturated carbocycles. The number of benzene rings is 1. The van der Waals surface area contributed by atoms with Crippen molar-refractivity contribution in [1.82, 2.24) is 0 Å². The van der Waals surface area contributed by atoms with Gasteiger partial charge in [0.25, 0.3) is 0 Å². The molecule has 0 aliphatic carbocycles. The first-order chi connectivity index (χ1) is 7.58. The highest BCUT2D eigenvalue weighted by Crippen LogP contribution is 2.26. The number of hydrogen-bond acceptors (Lipinski definition) is 2. The molecule has 1 atom stereocenters. The van der Waals surface area contributed by atoms with Gasteiger partial charge < -0.3 is 10.5 Å². The second-order valence-corrected chi connectivity index (χ2v) is 4.38. The predicted octanol–water partition coefficient (Wildman–Crippen LogP) is 2.98. The first kappa shape index (κ1) is 13.0. The van der Waals surface area contributed by atoms with Crippen LogP contribution in [0.1, 0.15) is 37.0 Å². The lowest BCUT2D eigenvalue weighted by molar-refractivity contribution is 0.333. The molecule has 0 bridgehead atoms. The summed E-state index contributed by atoms with van der Waals surface area (Å²) in [6.07, 6.45) is 1.90. The molecule has 0 spiro atoms. The van der Waals surface area contributed by atoms with Gasteiger partial charge in [-0.2, -0.15) is 0 Å². The van der Waals surface area contributed by atoms with E-state index >= 15 is 0 Å². The van der Waals surface area contributed by atoms with Crippen LogP contribution >= 0.6 is 0 Å². The van der Waals surface area contributed by atoms with Crippen LogP contribution in [0, 0.1) is 13.8 Å². The molecule has 1 rings (SSSR count). The third-order valence-electron chi connectivity index (χ3n) is 2.79. The zero-order valence-electron chi connectivity index (χ0n) is 10.8. The van der Waals surface area contributed by atoms with Gasteiger partial charge in [0.1, 0.15) is 5.75 Å². The van der Waals surface area contributed by atoms with E-state index in [1.165, 1.54) is 16.7 Å². The van der Waals surface area contributed by atoms with Crippen molar-refractivity contribution in [3.63, 3.8) is 0 Å². The molecule has 1 unspecified atom stereocenters. The van der Waals surface area contributed by atoms with E-state index in [2.05, 4.69) is 32.9 Å². The lowest BCUT2D eigenvalue weighted by Crippen LogP contribution is -2.22. The van der Waals surface area contributed by atoms with Crippen LogP contribution in [0.2, 0.25) is 0 Å². The highest BCUT2D eigenvalue weighted by Gasteiger charge is 2.11. The highest BCUT2D eigenvalue weighted by molar-refractivity contribution is 5.44. The van der Waals surface area contributed by atoms with Crippen molar-refractivity contribution >= 4 is 0 Å². The lowest BCUT2D eigenvalue weighted by Gasteiger charge is -2.16.